The summed E-state index contributed by atoms with van der Waals surface area (Å²) in [6, 6.07) is 13.3. The number of carbonyl (C=O) groups is 1. The summed E-state index contributed by atoms with van der Waals surface area (Å²) in [4.78, 5) is 12.4. The summed E-state index contributed by atoms with van der Waals surface area (Å²) in [5.41, 5.74) is 2.60. The minimum absolute atomic E-state index is 0.143. The number of hydrogen-bond donors (Lipinski definition) is 1. The Morgan fingerprint density at radius 2 is 1.82 bits per heavy atom. The maximum atomic E-state index is 12.4. The van der Waals surface area contributed by atoms with Crippen LogP contribution < -0.4 is 14.8 Å². The summed E-state index contributed by atoms with van der Waals surface area (Å²) in [7, 11) is 3.21. The standard InChI is InChI=1S/C20H22N4O3S/c1-13-5-10-18(27-4)17(11-13)21-19(25)12-28-20-23-22-14(2)24(20)15-6-8-16(26-3)9-7-15/h5-11H,12H2,1-4H3,(H,21,25). The molecule has 1 heterocycles. The fourth-order valence-electron chi connectivity index (χ4n) is 2.70. The molecule has 0 bridgehead atoms. The zero-order valence-corrected chi connectivity index (χ0v) is 17.0. The average molecular weight is 398 g/mol. The van der Waals surface area contributed by atoms with E-state index in [1.165, 1.54) is 11.8 Å². The first-order valence-corrected chi connectivity index (χ1v) is 9.64. The highest BCUT2D eigenvalue weighted by Gasteiger charge is 2.14. The number of nitrogens with zero attached hydrogens (tertiary/aromatic N) is 3. The zero-order valence-electron chi connectivity index (χ0n) is 16.2. The lowest BCUT2D eigenvalue weighted by Crippen LogP contribution is -2.15. The molecule has 0 aliphatic rings. The summed E-state index contributed by atoms with van der Waals surface area (Å²) in [6.07, 6.45) is 0. The quantitative estimate of drug-likeness (QED) is 0.613. The topological polar surface area (TPSA) is 78.3 Å². The number of rotatable bonds is 7. The molecule has 0 fully saturated rings. The van der Waals surface area contributed by atoms with E-state index >= 15 is 0 Å². The molecule has 0 spiro atoms. The SMILES string of the molecule is COc1ccc(-n2c(C)nnc2SCC(=O)Nc2cc(C)ccc2OC)cc1. The molecular weight excluding hydrogens is 376 g/mol. The fourth-order valence-corrected chi connectivity index (χ4v) is 3.50. The number of ether oxygens (including phenoxy) is 2. The van der Waals surface area contributed by atoms with Gasteiger partial charge in [0, 0.05) is 5.69 Å². The van der Waals surface area contributed by atoms with Crippen LogP contribution in [-0.2, 0) is 4.79 Å². The van der Waals surface area contributed by atoms with Gasteiger partial charge >= 0.3 is 0 Å². The molecule has 0 unspecified atom stereocenters. The van der Waals surface area contributed by atoms with Gasteiger partial charge in [-0.25, -0.2) is 0 Å². The highest BCUT2D eigenvalue weighted by atomic mass is 32.2. The maximum absolute atomic E-state index is 12.4. The van der Waals surface area contributed by atoms with Crippen LogP contribution in [-0.4, -0.2) is 40.6 Å². The van der Waals surface area contributed by atoms with Gasteiger partial charge in [-0.1, -0.05) is 17.8 Å². The molecule has 146 valence electrons. The van der Waals surface area contributed by atoms with Crippen molar-refractivity contribution in [3.63, 3.8) is 0 Å². The molecule has 1 amide bonds. The van der Waals surface area contributed by atoms with Gasteiger partial charge in [0.15, 0.2) is 5.16 Å². The van der Waals surface area contributed by atoms with Crippen LogP contribution in [0.2, 0.25) is 0 Å². The first-order chi connectivity index (χ1) is 13.5. The van der Waals surface area contributed by atoms with Crippen molar-refractivity contribution in [2.75, 3.05) is 25.3 Å². The van der Waals surface area contributed by atoms with E-state index in [1.807, 2.05) is 60.9 Å². The largest absolute Gasteiger partial charge is 0.497 e. The van der Waals surface area contributed by atoms with Crippen LogP contribution in [0.4, 0.5) is 5.69 Å². The lowest BCUT2D eigenvalue weighted by atomic mass is 10.2. The molecule has 3 rings (SSSR count). The predicted molar refractivity (Wildman–Crippen MR) is 110 cm³/mol. The minimum Gasteiger partial charge on any atom is -0.497 e. The maximum Gasteiger partial charge on any atom is 0.234 e. The number of aromatic nitrogens is 3. The van der Waals surface area contributed by atoms with Gasteiger partial charge in [0.05, 0.1) is 25.7 Å². The van der Waals surface area contributed by atoms with Crippen molar-refractivity contribution in [3.05, 3.63) is 53.9 Å². The van der Waals surface area contributed by atoms with Gasteiger partial charge in [-0.3, -0.25) is 9.36 Å². The van der Waals surface area contributed by atoms with Gasteiger partial charge in [-0.2, -0.15) is 0 Å². The van der Waals surface area contributed by atoms with Crippen LogP contribution in [0.5, 0.6) is 11.5 Å². The van der Waals surface area contributed by atoms with Crippen LogP contribution in [0.1, 0.15) is 11.4 Å². The number of nitrogens with one attached hydrogen (secondary N) is 1. The first-order valence-electron chi connectivity index (χ1n) is 8.65. The van der Waals surface area contributed by atoms with Crippen molar-refractivity contribution in [2.45, 2.75) is 19.0 Å². The molecule has 0 saturated heterocycles. The van der Waals surface area contributed by atoms with Crippen LogP contribution in [0.15, 0.2) is 47.6 Å². The number of aryl methyl sites for hydroxylation is 2. The summed E-state index contributed by atoms with van der Waals surface area (Å²) in [6.45, 7) is 3.84. The molecule has 0 aliphatic carbocycles. The van der Waals surface area contributed by atoms with E-state index in [1.54, 1.807) is 14.2 Å². The number of anilines is 1. The van der Waals surface area contributed by atoms with Crippen LogP contribution in [0.25, 0.3) is 5.69 Å². The number of benzene rings is 2. The van der Waals surface area contributed by atoms with Gasteiger partial charge < -0.3 is 14.8 Å². The van der Waals surface area contributed by atoms with Crippen molar-refractivity contribution < 1.29 is 14.3 Å². The second-order valence-corrected chi connectivity index (χ2v) is 7.05. The van der Waals surface area contributed by atoms with Gasteiger partial charge in [-0.15, -0.1) is 10.2 Å². The van der Waals surface area contributed by atoms with Crippen molar-refractivity contribution in [2.24, 2.45) is 0 Å². The summed E-state index contributed by atoms with van der Waals surface area (Å²) in [5, 5.41) is 11.9. The molecule has 0 atom stereocenters. The molecule has 7 nitrogen and oxygen atoms in total. The Morgan fingerprint density at radius 3 is 2.50 bits per heavy atom. The van der Waals surface area contributed by atoms with Crippen molar-refractivity contribution in [1.82, 2.24) is 14.8 Å². The van der Waals surface area contributed by atoms with Gasteiger partial charge in [0.2, 0.25) is 5.91 Å². The van der Waals surface area contributed by atoms with E-state index in [9.17, 15) is 4.79 Å². The fraction of sp³-hybridized carbons (Fsp3) is 0.250. The zero-order chi connectivity index (χ0) is 20.1. The Balaban J connectivity index is 1.71. The Labute approximate surface area is 168 Å². The summed E-state index contributed by atoms with van der Waals surface area (Å²) < 4.78 is 12.4. The van der Waals surface area contributed by atoms with Gasteiger partial charge in [0.1, 0.15) is 17.3 Å². The Kier molecular flexibility index (Phi) is 6.20. The van der Waals surface area contributed by atoms with Crippen molar-refractivity contribution in [3.8, 4) is 17.2 Å². The Hall–Kier alpha value is -3.00. The second-order valence-electron chi connectivity index (χ2n) is 6.10. The van der Waals surface area contributed by atoms with E-state index in [-0.39, 0.29) is 11.7 Å². The van der Waals surface area contributed by atoms with Gasteiger partial charge in [-0.05, 0) is 55.8 Å². The van der Waals surface area contributed by atoms with Crippen LogP contribution in [0.3, 0.4) is 0 Å². The molecule has 28 heavy (non-hydrogen) atoms. The molecule has 1 aromatic heterocycles. The Morgan fingerprint density at radius 1 is 1.07 bits per heavy atom. The van der Waals surface area contributed by atoms with E-state index in [0.717, 1.165) is 22.8 Å². The van der Waals surface area contributed by atoms with E-state index in [4.69, 9.17) is 9.47 Å². The monoisotopic (exact) mass is 398 g/mol. The van der Waals surface area contributed by atoms with Gasteiger partial charge in [0.25, 0.3) is 0 Å². The lowest BCUT2D eigenvalue weighted by Gasteiger charge is -2.11. The highest BCUT2D eigenvalue weighted by Crippen LogP contribution is 2.27. The lowest BCUT2D eigenvalue weighted by molar-refractivity contribution is -0.113. The molecular formula is C20H22N4O3S. The number of hydrogen-bond acceptors (Lipinski definition) is 6. The summed E-state index contributed by atoms with van der Waals surface area (Å²) in [5.74, 6) is 2.20. The van der Waals surface area contributed by atoms with E-state index in [2.05, 4.69) is 15.5 Å². The minimum atomic E-state index is -0.143. The number of thioether (sulfide) groups is 1. The van der Waals surface area contributed by atoms with E-state index < -0.39 is 0 Å². The normalized spacial score (nSPS) is 10.6. The molecule has 0 aliphatic heterocycles. The molecule has 1 N–H and O–H groups in total. The van der Waals surface area contributed by atoms with Crippen molar-refractivity contribution >= 4 is 23.4 Å². The summed E-state index contributed by atoms with van der Waals surface area (Å²) >= 11 is 1.32. The molecule has 0 saturated carbocycles. The highest BCUT2D eigenvalue weighted by molar-refractivity contribution is 7.99. The molecule has 2 aromatic carbocycles. The van der Waals surface area contributed by atoms with Crippen molar-refractivity contribution in [1.29, 1.82) is 0 Å². The van der Waals surface area contributed by atoms with E-state index in [0.29, 0.717) is 16.6 Å². The smallest absolute Gasteiger partial charge is 0.234 e. The number of carbonyl (C=O) groups excluding carboxylic acids is 1. The number of methoxy groups -OCH3 is 2. The molecule has 8 heteroatoms. The molecule has 0 radical (unpaired) electrons. The third-order valence-electron chi connectivity index (χ3n) is 4.09. The first kappa shape index (κ1) is 19.8. The Bertz CT molecular complexity index is 970. The average Bonchev–Trinajstić information content (AvgIpc) is 3.07. The molecule has 3 aromatic rings. The predicted octanol–water partition coefficient (Wildman–Crippen LogP) is 3.63. The third kappa shape index (κ3) is 4.45. The third-order valence-corrected chi connectivity index (χ3v) is 5.02. The van der Waals surface area contributed by atoms with Crippen LogP contribution in [0, 0.1) is 13.8 Å². The number of amides is 1. The second kappa shape index (κ2) is 8.79. The van der Waals surface area contributed by atoms with Crippen LogP contribution >= 0.6 is 11.8 Å².